The van der Waals surface area contributed by atoms with Gasteiger partial charge in [-0.2, -0.15) is 0 Å². The van der Waals surface area contributed by atoms with Gasteiger partial charge in [-0.15, -0.1) is 0 Å². The first kappa shape index (κ1) is 15.8. The van der Waals surface area contributed by atoms with Crippen LogP contribution in [-0.2, 0) is 16.1 Å². The number of hydrogen-bond donors (Lipinski definition) is 1. The molecule has 0 unspecified atom stereocenters. The van der Waals surface area contributed by atoms with Crippen molar-refractivity contribution >= 4 is 5.97 Å². The highest BCUT2D eigenvalue weighted by Crippen LogP contribution is 2.14. The molecule has 0 bridgehead atoms. The topological polar surface area (TPSA) is 50.8 Å². The van der Waals surface area contributed by atoms with E-state index >= 15 is 0 Å². The zero-order chi connectivity index (χ0) is 14.9. The first-order chi connectivity index (χ1) is 10.3. The fraction of sp³-hybridized carbons (Fsp3) is 0.562. The average molecular weight is 292 g/mol. The SMILES string of the molecule is CCOC(=O)CCOc1ccc(CN2CCNCC2)cc1. The zero-order valence-corrected chi connectivity index (χ0v) is 12.6. The molecule has 1 N–H and O–H groups in total. The maximum absolute atomic E-state index is 11.2. The minimum absolute atomic E-state index is 0.215. The number of rotatable bonds is 7. The van der Waals surface area contributed by atoms with E-state index in [1.165, 1.54) is 5.56 Å². The fourth-order valence-electron chi connectivity index (χ4n) is 2.30. The van der Waals surface area contributed by atoms with Crippen LogP contribution in [0.5, 0.6) is 5.75 Å². The van der Waals surface area contributed by atoms with Crippen LogP contribution in [0.25, 0.3) is 0 Å². The summed E-state index contributed by atoms with van der Waals surface area (Å²) < 4.78 is 10.4. The third-order valence-electron chi connectivity index (χ3n) is 3.42. The van der Waals surface area contributed by atoms with E-state index in [9.17, 15) is 4.79 Å². The molecule has 2 rings (SSSR count). The number of hydrogen-bond acceptors (Lipinski definition) is 5. The molecule has 1 heterocycles. The van der Waals surface area contributed by atoms with Crippen molar-refractivity contribution in [1.29, 1.82) is 0 Å². The molecular formula is C16H24N2O3. The molecule has 0 radical (unpaired) electrons. The molecule has 0 aliphatic carbocycles. The lowest BCUT2D eigenvalue weighted by Crippen LogP contribution is -2.42. The lowest BCUT2D eigenvalue weighted by atomic mass is 10.2. The number of nitrogens with zero attached hydrogens (tertiary/aromatic N) is 1. The van der Waals surface area contributed by atoms with E-state index in [2.05, 4.69) is 22.3 Å². The van der Waals surface area contributed by atoms with Crippen LogP contribution in [0.2, 0.25) is 0 Å². The molecule has 116 valence electrons. The monoisotopic (exact) mass is 292 g/mol. The Labute approximate surface area is 126 Å². The minimum Gasteiger partial charge on any atom is -0.493 e. The van der Waals surface area contributed by atoms with Crippen molar-refractivity contribution in [2.24, 2.45) is 0 Å². The maximum atomic E-state index is 11.2. The second-order valence-corrected chi connectivity index (χ2v) is 5.07. The fourth-order valence-corrected chi connectivity index (χ4v) is 2.30. The van der Waals surface area contributed by atoms with E-state index in [1.807, 2.05) is 12.1 Å². The molecule has 5 nitrogen and oxygen atoms in total. The van der Waals surface area contributed by atoms with Crippen molar-refractivity contribution < 1.29 is 14.3 Å². The Kier molecular flexibility index (Phi) is 6.50. The summed E-state index contributed by atoms with van der Waals surface area (Å²) in [5, 5.41) is 3.35. The molecule has 0 spiro atoms. The highest BCUT2D eigenvalue weighted by molar-refractivity contribution is 5.69. The molecule has 1 saturated heterocycles. The number of carbonyl (C=O) groups is 1. The van der Waals surface area contributed by atoms with Gasteiger partial charge in [-0.1, -0.05) is 12.1 Å². The van der Waals surface area contributed by atoms with Crippen LogP contribution in [0.1, 0.15) is 18.9 Å². The maximum Gasteiger partial charge on any atom is 0.309 e. The quantitative estimate of drug-likeness (QED) is 0.770. The summed E-state index contributed by atoms with van der Waals surface area (Å²) in [5.41, 5.74) is 1.29. The summed E-state index contributed by atoms with van der Waals surface area (Å²) in [6.45, 7) is 7.87. The van der Waals surface area contributed by atoms with E-state index < -0.39 is 0 Å². The number of esters is 1. The van der Waals surface area contributed by atoms with E-state index in [1.54, 1.807) is 6.92 Å². The van der Waals surface area contributed by atoms with Gasteiger partial charge in [-0.3, -0.25) is 9.69 Å². The molecular weight excluding hydrogens is 268 g/mol. The molecule has 21 heavy (non-hydrogen) atoms. The summed E-state index contributed by atoms with van der Waals surface area (Å²) in [4.78, 5) is 13.6. The van der Waals surface area contributed by atoms with Crippen LogP contribution in [0.15, 0.2) is 24.3 Å². The first-order valence-corrected chi connectivity index (χ1v) is 7.58. The molecule has 5 heteroatoms. The summed E-state index contributed by atoms with van der Waals surface area (Å²) in [6, 6.07) is 8.09. The Hall–Kier alpha value is -1.59. The van der Waals surface area contributed by atoms with E-state index in [-0.39, 0.29) is 12.4 Å². The van der Waals surface area contributed by atoms with Crippen LogP contribution in [0, 0.1) is 0 Å². The number of benzene rings is 1. The van der Waals surface area contributed by atoms with Gasteiger partial charge in [0.25, 0.3) is 0 Å². The highest BCUT2D eigenvalue weighted by Gasteiger charge is 2.09. The van der Waals surface area contributed by atoms with Gasteiger partial charge >= 0.3 is 5.97 Å². The second-order valence-electron chi connectivity index (χ2n) is 5.07. The van der Waals surface area contributed by atoms with Gasteiger partial charge in [0.1, 0.15) is 5.75 Å². The Morgan fingerprint density at radius 2 is 1.95 bits per heavy atom. The molecule has 0 amide bonds. The lowest BCUT2D eigenvalue weighted by Gasteiger charge is -2.27. The number of piperazine rings is 1. The predicted octanol–water partition coefficient (Wildman–Crippen LogP) is 1.42. The lowest BCUT2D eigenvalue weighted by molar-refractivity contribution is -0.143. The average Bonchev–Trinajstić information content (AvgIpc) is 2.50. The molecule has 0 saturated carbocycles. The van der Waals surface area contributed by atoms with Gasteiger partial charge in [0, 0.05) is 32.7 Å². The largest absolute Gasteiger partial charge is 0.493 e. The van der Waals surface area contributed by atoms with Crippen LogP contribution in [0.3, 0.4) is 0 Å². The van der Waals surface area contributed by atoms with E-state index in [0.29, 0.717) is 13.2 Å². The Morgan fingerprint density at radius 3 is 2.62 bits per heavy atom. The number of nitrogens with one attached hydrogen (secondary N) is 1. The summed E-state index contributed by atoms with van der Waals surface area (Å²) >= 11 is 0. The van der Waals surface area contributed by atoms with E-state index in [4.69, 9.17) is 9.47 Å². The first-order valence-electron chi connectivity index (χ1n) is 7.58. The third kappa shape index (κ3) is 5.73. The Balaban J connectivity index is 1.72. The van der Waals surface area contributed by atoms with Gasteiger partial charge < -0.3 is 14.8 Å². The standard InChI is InChI=1S/C16H24N2O3/c1-2-20-16(19)7-12-21-15-5-3-14(4-6-15)13-18-10-8-17-9-11-18/h3-6,17H,2,7-13H2,1H3. The summed E-state index contributed by atoms with van der Waals surface area (Å²) in [5.74, 6) is 0.580. The molecule has 1 aliphatic heterocycles. The zero-order valence-electron chi connectivity index (χ0n) is 12.6. The minimum atomic E-state index is -0.215. The number of ether oxygens (including phenoxy) is 2. The Morgan fingerprint density at radius 1 is 1.24 bits per heavy atom. The molecule has 1 fully saturated rings. The predicted molar refractivity (Wildman–Crippen MR) is 81.3 cm³/mol. The van der Waals surface area contributed by atoms with Crippen molar-refractivity contribution in [3.8, 4) is 5.75 Å². The van der Waals surface area contributed by atoms with E-state index in [0.717, 1.165) is 38.5 Å². The second kappa shape index (κ2) is 8.64. The third-order valence-corrected chi connectivity index (χ3v) is 3.42. The van der Waals surface area contributed by atoms with Crippen molar-refractivity contribution in [3.05, 3.63) is 29.8 Å². The van der Waals surface area contributed by atoms with Crippen molar-refractivity contribution in [3.63, 3.8) is 0 Å². The smallest absolute Gasteiger partial charge is 0.309 e. The summed E-state index contributed by atoms with van der Waals surface area (Å²) in [7, 11) is 0. The molecule has 1 aliphatic rings. The van der Waals surface area contributed by atoms with Gasteiger partial charge in [0.2, 0.25) is 0 Å². The van der Waals surface area contributed by atoms with Crippen molar-refractivity contribution in [2.75, 3.05) is 39.4 Å². The van der Waals surface area contributed by atoms with Crippen LogP contribution in [-0.4, -0.2) is 50.3 Å². The number of carbonyl (C=O) groups excluding carboxylic acids is 1. The van der Waals surface area contributed by atoms with Crippen molar-refractivity contribution in [1.82, 2.24) is 10.2 Å². The van der Waals surface area contributed by atoms with Gasteiger partial charge in [-0.25, -0.2) is 0 Å². The molecule has 1 aromatic rings. The van der Waals surface area contributed by atoms with Crippen molar-refractivity contribution in [2.45, 2.75) is 19.9 Å². The van der Waals surface area contributed by atoms with Crippen LogP contribution >= 0.6 is 0 Å². The molecule has 0 atom stereocenters. The van der Waals surface area contributed by atoms with Crippen LogP contribution in [0.4, 0.5) is 0 Å². The molecule has 1 aromatic carbocycles. The normalized spacial score (nSPS) is 15.7. The van der Waals surface area contributed by atoms with Gasteiger partial charge in [-0.05, 0) is 24.6 Å². The molecule has 0 aromatic heterocycles. The Bertz CT molecular complexity index is 428. The van der Waals surface area contributed by atoms with Gasteiger partial charge in [0.05, 0.1) is 19.6 Å². The highest BCUT2D eigenvalue weighted by atomic mass is 16.5. The van der Waals surface area contributed by atoms with Gasteiger partial charge in [0.15, 0.2) is 0 Å². The van der Waals surface area contributed by atoms with Crippen LogP contribution < -0.4 is 10.1 Å². The summed E-state index contributed by atoms with van der Waals surface area (Å²) in [6.07, 6.45) is 0.288.